The molecule has 4 N–H and O–H groups in total. The van der Waals surface area contributed by atoms with E-state index in [0.717, 1.165) is 0 Å². The maximum atomic E-state index is 5.91. The Hall–Kier alpha value is -0.0800. The van der Waals surface area contributed by atoms with Gasteiger partial charge in [-0.3, -0.25) is 0 Å². The lowest BCUT2D eigenvalue weighted by atomic mass is 9.54. The molecule has 0 saturated heterocycles. The van der Waals surface area contributed by atoms with Gasteiger partial charge >= 0.3 is 0 Å². The maximum absolute atomic E-state index is 5.91. The summed E-state index contributed by atoms with van der Waals surface area (Å²) >= 11 is 0. The zero-order valence-electron chi connectivity index (χ0n) is 10.1. The molecule has 0 aliphatic carbocycles. The van der Waals surface area contributed by atoms with Crippen molar-refractivity contribution in [3.63, 3.8) is 0 Å². The van der Waals surface area contributed by atoms with Crippen LogP contribution in [-0.2, 0) is 0 Å². The highest BCUT2D eigenvalue weighted by molar-refractivity contribution is 4.99. The predicted octanol–water partition coefficient (Wildman–Crippen LogP) is 1.98. The van der Waals surface area contributed by atoms with E-state index in [9.17, 15) is 0 Å². The fourth-order valence-corrected chi connectivity index (χ4v) is 2.43. The third-order valence-corrected chi connectivity index (χ3v) is 3.57. The fraction of sp³-hybridized carbons (Fsp3) is 1.00. The van der Waals surface area contributed by atoms with Crippen LogP contribution in [-0.4, -0.2) is 13.1 Å². The Kier molecular flexibility index (Phi) is 3.56. The molecule has 0 amide bonds. The maximum Gasteiger partial charge on any atom is 0.00449 e. The van der Waals surface area contributed by atoms with Crippen LogP contribution in [0.1, 0.15) is 41.5 Å². The van der Waals surface area contributed by atoms with Crippen LogP contribution in [0.25, 0.3) is 0 Å². The first-order valence-electron chi connectivity index (χ1n) is 5.02. The summed E-state index contributed by atoms with van der Waals surface area (Å²) in [5.74, 6) is 0. The fourth-order valence-electron chi connectivity index (χ4n) is 2.43. The van der Waals surface area contributed by atoms with Crippen LogP contribution in [0, 0.1) is 16.2 Å². The molecule has 0 aromatic heterocycles. The largest absolute Gasteiger partial charge is 0.330 e. The smallest absolute Gasteiger partial charge is 0.00449 e. The lowest BCUT2D eigenvalue weighted by Gasteiger charge is -2.52. The van der Waals surface area contributed by atoms with E-state index in [1.165, 1.54) is 0 Å². The second-order valence-corrected chi connectivity index (χ2v) is 5.99. The van der Waals surface area contributed by atoms with Gasteiger partial charge in [-0.1, -0.05) is 41.5 Å². The van der Waals surface area contributed by atoms with Crippen LogP contribution in [0.4, 0.5) is 0 Å². The summed E-state index contributed by atoms with van der Waals surface area (Å²) in [5, 5.41) is 0. The van der Waals surface area contributed by atoms with Crippen molar-refractivity contribution in [3.8, 4) is 0 Å². The first-order chi connectivity index (χ1) is 5.62. The van der Waals surface area contributed by atoms with E-state index in [4.69, 9.17) is 11.5 Å². The highest BCUT2D eigenvalue weighted by Crippen LogP contribution is 2.49. The second kappa shape index (κ2) is 3.58. The minimum absolute atomic E-state index is 0.0139. The van der Waals surface area contributed by atoms with Gasteiger partial charge in [0.05, 0.1) is 0 Å². The van der Waals surface area contributed by atoms with Gasteiger partial charge in [-0.2, -0.15) is 0 Å². The topological polar surface area (TPSA) is 52.0 Å². The molecule has 0 atom stereocenters. The number of rotatable bonds is 2. The first-order valence-corrected chi connectivity index (χ1v) is 5.02. The third-order valence-electron chi connectivity index (χ3n) is 3.57. The molecule has 2 heteroatoms. The molecule has 0 aliphatic heterocycles. The predicted molar refractivity (Wildman–Crippen MR) is 59.5 cm³/mol. The van der Waals surface area contributed by atoms with E-state index in [2.05, 4.69) is 41.5 Å². The van der Waals surface area contributed by atoms with Gasteiger partial charge in [0.2, 0.25) is 0 Å². The van der Waals surface area contributed by atoms with Crippen LogP contribution in [0.3, 0.4) is 0 Å². The normalized spacial score (nSPS) is 14.8. The van der Waals surface area contributed by atoms with Crippen LogP contribution in [0.2, 0.25) is 0 Å². The van der Waals surface area contributed by atoms with Gasteiger partial charge in [-0.25, -0.2) is 0 Å². The van der Waals surface area contributed by atoms with Crippen molar-refractivity contribution in [2.24, 2.45) is 27.7 Å². The quantitative estimate of drug-likeness (QED) is 0.693. The SMILES string of the molecule is CC(C)(C)C(CN)(CN)C(C)(C)C. The van der Waals surface area contributed by atoms with Crippen molar-refractivity contribution < 1.29 is 0 Å². The molecule has 0 aromatic rings. The minimum atomic E-state index is 0.0139. The van der Waals surface area contributed by atoms with E-state index in [0.29, 0.717) is 13.1 Å². The Bertz CT molecular complexity index is 140. The zero-order valence-corrected chi connectivity index (χ0v) is 10.1. The Morgan fingerprint density at radius 1 is 0.692 bits per heavy atom. The Morgan fingerprint density at radius 3 is 0.923 bits per heavy atom. The molecular weight excluding hydrogens is 160 g/mol. The van der Waals surface area contributed by atoms with Crippen molar-refractivity contribution in [3.05, 3.63) is 0 Å². The molecule has 13 heavy (non-hydrogen) atoms. The molecule has 2 nitrogen and oxygen atoms in total. The Labute approximate surface area is 83.1 Å². The van der Waals surface area contributed by atoms with E-state index in [1.807, 2.05) is 0 Å². The molecule has 0 aliphatic rings. The van der Waals surface area contributed by atoms with Crippen LogP contribution in [0.15, 0.2) is 0 Å². The van der Waals surface area contributed by atoms with Crippen molar-refractivity contribution in [1.82, 2.24) is 0 Å². The van der Waals surface area contributed by atoms with Gasteiger partial charge in [0.1, 0.15) is 0 Å². The van der Waals surface area contributed by atoms with Crippen molar-refractivity contribution in [1.29, 1.82) is 0 Å². The molecule has 0 rings (SSSR count). The van der Waals surface area contributed by atoms with Crippen LogP contribution in [0.5, 0.6) is 0 Å². The van der Waals surface area contributed by atoms with E-state index < -0.39 is 0 Å². The average Bonchev–Trinajstić information content (AvgIpc) is 1.84. The third kappa shape index (κ3) is 2.05. The lowest BCUT2D eigenvalue weighted by molar-refractivity contribution is -0.0140. The van der Waals surface area contributed by atoms with Crippen LogP contribution >= 0.6 is 0 Å². The van der Waals surface area contributed by atoms with Crippen molar-refractivity contribution in [2.45, 2.75) is 41.5 Å². The van der Waals surface area contributed by atoms with Crippen LogP contribution < -0.4 is 11.5 Å². The summed E-state index contributed by atoms with van der Waals surface area (Å²) in [5.41, 5.74) is 12.1. The minimum Gasteiger partial charge on any atom is -0.330 e. The standard InChI is InChI=1S/C11H26N2/c1-9(2,3)11(7-12,8-13)10(4,5)6/h7-8,12-13H2,1-6H3. The molecule has 0 unspecified atom stereocenters. The van der Waals surface area contributed by atoms with E-state index in [1.54, 1.807) is 0 Å². The van der Waals surface area contributed by atoms with Crippen molar-refractivity contribution >= 4 is 0 Å². The van der Waals surface area contributed by atoms with Gasteiger partial charge in [0.25, 0.3) is 0 Å². The number of hydrogen-bond donors (Lipinski definition) is 2. The number of nitrogens with two attached hydrogens (primary N) is 2. The van der Waals surface area contributed by atoms with E-state index in [-0.39, 0.29) is 16.2 Å². The lowest BCUT2D eigenvalue weighted by Crippen LogP contribution is -2.56. The van der Waals surface area contributed by atoms with Gasteiger partial charge in [0, 0.05) is 18.5 Å². The molecule has 0 heterocycles. The molecule has 0 saturated carbocycles. The second-order valence-electron chi connectivity index (χ2n) is 5.99. The summed E-state index contributed by atoms with van der Waals surface area (Å²) in [4.78, 5) is 0. The van der Waals surface area contributed by atoms with E-state index >= 15 is 0 Å². The molecule has 0 fully saturated rings. The molecular formula is C11H26N2. The molecule has 0 spiro atoms. The summed E-state index contributed by atoms with van der Waals surface area (Å²) < 4.78 is 0. The monoisotopic (exact) mass is 186 g/mol. The van der Waals surface area contributed by atoms with Gasteiger partial charge in [-0.05, 0) is 10.8 Å². The molecule has 0 aromatic carbocycles. The van der Waals surface area contributed by atoms with Gasteiger partial charge in [0.15, 0.2) is 0 Å². The zero-order chi connectivity index (χ0) is 10.9. The highest BCUT2D eigenvalue weighted by atomic mass is 14.7. The van der Waals surface area contributed by atoms with Gasteiger partial charge in [-0.15, -0.1) is 0 Å². The average molecular weight is 186 g/mol. The summed E-state index contributed by atoms with van der Waals surface area (Å²) in [7, 11) is 0. The number of hydrogen-bond acceptors (Lipinski definition) is 2. The summed E-state index contributed by atoms with van der Waals surface area (Å²) in [6.07, 6.45) is 0. The summed E-state index contributed by atoms with van der Waals surface area (Å²) in [6, 6.07) is 0. The first kappa shape index (κ1) is 12.9. The Balaban J connectivity index is 5.17. The van der Waals surface area contributed by atoms with Gasteiger partial charge < -0.3 is 11.5 Å². The highest BCUT2D eigenvalue weighted by Gasteiger charge is 2.48. The molecule has 0 radical (unpaired) electrons. The molecule has 0 bridgehead atoms. The molecule has 80 valence electrons. The Morgan fingerprint density at radius 2 is 0.923 bits per heavy atom. The van der Waals surface area contributed by atoms with Crippen molar-refractivity contribution in [2.75, 3.05) is 13.1 Å². The summed E-state index contributed by atoms with van der Waals surface area (Å²) in [6.45, 7) is 14.6.